The van der Waals surface area contributed by atoms with Crippen LogP contribution >= 0.6 is 0 Å². The fourth-order valence-corrected chi connectivity index (χ4v) is 1.80. The van der Waals surface area contributed by atoms with Gasteiger partial charge in [-0.15, -0.1) is 0 Å². The number of hydrogen-bond acceptors (Lipinski definition) is 4. The van der Waals surface area contributed by atoms with Crippen LogP contribution in [0.1, 0.15) is 12.0 Å². The van der Waals surface area contributed by atoms with Gasteiger partial charge < -0.3 is 15.1 Å². The highest BCUT2D eigenvalue weighted by molar-refractivity contribution is 5.72. The van der Waals surface area contributed by atoms with Gasteiger partial charge in [-0.2, -0.15) is 0 Å². The summed E-state index contributed by atoms with van der Waals surface area (Å²) in [6, 6.07) is 6.19. The van der Waals surface area contributed by atoms with Crippen LogP contribution in [0.5, 0.6) is 0 Å². The van der Waals surface area contributed by atoms with Crippen molar-refractivity contribution in [2.45, 2.75) is 12.8 Å². The summed E-state index contributed by atoms with van der Waals surface area (Å²) in [5, 5.41) is 6.56. The lowest BCUT2D eigenvalue weighted by molar-refractivity contribution is 0.600. The minimum Gasteiger partial charge on any atom is -0.443 e. The fraction of sp³-hybridized carbons (Fsp3) is 0.462. The van der Waals surface area contributed by atoms with Crippen molar-refractivity contribution in [1.29, 1.82) is 0 Å². The van der Waals surface area contributed by atoms with Gasteiger partial charge in [-0.1, -0.05) is 6.07 Å². The highest BCUT2D eigenvalue weighted by atomic mass is 16.3. The largest absolute Gasteiger partial charge is 0.443 e. The van der Waals surface area contributed by atoms with E-state index in [1.165, 1.54) is 12.0 Å². The summed E-state index contributed by atoms with van der Waals surface area (Å²) in [6.07, 6.45) is 3.68. The summed E-state index contributed by atoms with van der Waals surface area (Å²) >= 11 is 0. The average molecular weight is 233 g/mol. The maximum absolute atomic E-state index is 5.28. The lowest BCUT2D eigenvalue weighted by Crippen LogP contribution is -2.21. The van der Waals surface area contributed by atoms with Crippen LogP contribution in [-0.4, -0.2) is 31.7 Å². The first-order chi connectivity index (χ1) is 8.40. The molecule has 0 saturated carbocycles. The van der Waals surface area contributed by atoms with Crippen LogP contribution in [-0.2, 0) is 6.42 Å². The van der Waals surface area contributed by atoms with Gasteiger partial charge in [-0.25, -0.2) is 4.98 Å². The van der Waals surface area contributed by atoms with Crippen LogP contribution in [0.4, 0.5) is 0 Å². The molecule has 0 amide bonds. The molecule has 0 fully saturated rings. The summed E-state index contributed by atoms with van der Waals surface area (Å²) < 4.78 is 5.28. The molecule has 1 aromatic carbocycles. The topological polar surface area (TPSA) is 50.1 Å². The van der Waals surface area contributed by atoms with E-state index in [9.17, 15) is 0 Å². The molecule has 17 heavy (non-hydrogen) atoms. The molecule has 0 bridgehead atoms. The van der Waals surface area contributed by atoms with Crippen molar-refractivity contribution in [2.75, 3.05) is 26.7 Å². The van der Waals surface area contributed by atoms with Crippen LogP contribution in [0.2, 0.25) is 0 Å². The first-order valence-electron chi connectivity index (χ1n) is 6.07. The molecule has 0 aliphatic heterocycles. The van der Waals surface area contributed by atoms with Crippen LogP contribution in [0.15, 0.2) is 29.0 Å². The van der Waals surface area contributed by atoms with Crippen molar-refractivity contribution in [3.05, 3.63) is 30.2 Å². The summed E-state index contributed by atoms with van der Waals surface area (Å²) in [6.45, 7) is 3.13. The van der Waals surface area contributed by atoms with Crippen LogP contribution in [0, 0.1) is 0 Å². The number of nitrogens with one attached hydrogen (secondary N) is 2. The third kappa shape index (κ3) is 3.54. The van der Waals surface area contributed by atoms with E-state index in [0.29, 0.717) is 0 Å². The Bertz CT molecular complexity index is 453. The number of nitrogens with zero attached hydrogens (tertiary/aromatic N) is 1. The Kier molecular flexibility index (Phi) is 4.53. The third-order valence-corrected chi connectivity index (χ3v) is 2.77. The Morgan fingerprint density at radius 2 is 2.18 bits per heavy atom. The van der Waals surface area contributed by atoms with Gasteiger partial charge in [0, 0.05) is 0 Å². The summed E-state index contributed by atoms with van der Waals surface area (Å²) in [5.41, 5.74) is 3.09. The predicted molar refractivity (Wildman–Crippen MR) is 69.1 cm³/mol. The number of aromatic nitrogens is 1. The number of hydrogen-bond donors (Lipinski definition) is 2. The van der Waals surface area contributed by atoms with Gasteiger partial charge in [0.2, 0.25) is 0 Å². The second-order valence-electron chi connectivity index (χ2n) is 4.11. The van der Waals surface area contributed by atoms with E-state index < -0.39 is 0 Å². The molecule has 2 N–H and O–H groups in total. The summed E-state index contributed by atoms with van der Waals surface area (Å²) in [4.78, 5) is 4.10. The lowest BCUT2D eigenvalue weighted by atomic mass is 10.1. The van der Waals surface area contributed by atoms with E-state index in [1.54, 1.807) is 0 Å². The van der Waals surface area contributed by atoms with E-state index in [2.05, 4.69) is 27.8 Å². The van der Waals surface area contributed by atoms with Gasteiger partial charge in [0.25, 0.3) is 0 Å². The molecule has 4 nitrogen and oxygen atoms in total. The Labute approximate surface area is 101 Å². The smallest absolute Gasteiger partial charge is 0.181 e. The van der Waals surface area contributed by atoms with Crippen LogP contribution in [0.25, 0.3) is 11.1 Å². The van der Waals surface area contributed by atoms with E-state index in [-0.39, 0.29) is 0 Å². The van der Waals surface area contributed by atoms with E-state index in [4.69, 9.17) is 4.42 Å². The molecule has 0 aliphatic rings. The Hall–Kier alpha value is -1.39. The van der Waals surface area contributed by atoms with Crippen molar-refractivity contribution in [2.24, 2.45) is 0 Å². The normalized spacial score (nSPS) is 11.1. The Morgan fingerprint density at radius 3 is 3.06 bits per heavy atom. The zero-order valence-electron chi connectivity index (χ0n) is 10.2. The molecule has 0 radical (unpaired) electrons. The predicted octanol–water partition coefficient (Wildman–Crippen LogP) is 1.57. The number of benzene rings is 1. The number of rotatable bonds is 7. The second-order valence-corrected chi connectivity index (χ2v) is 4.11. The lowest BCUT2D eigenvalue weighted by Gasteiger charge is -2.04. The van der Waals surface area contributed by atoms with Crippen molar-refractivity contribution in [1.82, 2.24) is 15.6 Å². The van der Waals surface area contributed by atoms with Crippen molar-refractivity contribution >= 4 is 11.1 Å². The third-order valence-electron chi connectivity index (χ3n) is 2.77. The molecule has 1 heterocycles. The maximum Gasteiger partial charge on any atom is 0.181 e. The van der Waals surface area contributed by atoms with Crippen LogP contribution in [0.3, 0.4) is 0 Å². The fourth-order valence-electron chi connectivity index (χ4n) is 1.80. The molecule has 0 saturated heterocycles. The van der Waals surface area contributed by atoms with Crippen molar-refractivity contribution in [3.63, 3.8) is 0 Å². The van der Waals surface area contributed by atoms with Gasteiger partial charge in [0.05, 0.1) is 0 Å². The number of oxazole rings is 1. The van der Waals surface area contributed by atoms with E-state index in [0.717, 1.165) is 43.6 Å². The quantitative estimate of drug-likeness (QED) is 0.713. The SMILES string of the molecule is CNCCCNCCc1ccc2ncoc2c1. The maximum atomic E-state index is 5.28. The molecule has 0 atom stereocenters. The van der Waals surface area contributed by atoms with Crippen molar-refractivity contribution < 1.29 is 4.42 Å². The van der Waals surface area contributed by atoms with Crippen LogP contribution < -0.4 is 10.6 Å². The molecule has 2 aromatic rings. The van der Waals surface area contributed by atoms with Crippen molar-refractivity contribution in [3.8, 4) is 0 Å². The molecular formula is C13H19N3O. The number of fused-ring (bicyclic) bond motifs is 1. The second kappa shape index (κ2) is 6.37. The molecule has 0 unspecified atom stereocenters. The summed E-state index contributed by atoms with van der Waals surface area (Å²) in [7, 11) is 1.98. The highest BCUT2D eigenvalue weighted by Gasteiger charge is 1.99. The first kappa shape index (κ1) is 12.1. The van der Waals surface area contributed by atoms with Gasteiger partial charge in [-0.05, 0) is 57.2 Å². The highest BCUT2D eigenvalue weighted by Crippen LogP contribution is 2.14. The Morgan fingerprint density at radius 1 is 1.24 bits per heavy atom. The van der Waals surface area contributed by atoms with Gasteiger partial charge in [0.1, 0.15) is 5.52 Å². The minimum atomic E-state index is 0.873. The average Bonchev–Trinajstić information content (AvgIpc) is 2.81. The Balaban J connectivity index is 1.75. The zero-order valence-corrected chi connectivity index (χ0v) is 10.2. The summed E-state index contributed by atoms with van der Waals surface area (Å²) in [5.74, 6) is 0. The molecule has 2 rings (SSSR count). The molecule has 0 spiro atoms. The molecule has 1 aromatic heterocycles. The zero-order chi connectivity index (χ0) is 11.9. The molecular weight excluding hydrogens is 214 g/mol. The molecule has 4 heteroatoms. The van der Waals surface area contributed by atoms with Gasteiger partial charge in [0.15, 0.2) is 12.0 Å². The first-order valence-corrected chi connectivity index (χ1v) is 6.07. The molecule has 92 valence electrons. The van der Waals surface area contributed by atoms with Gasteiger partial charge in [-0.3, -0.25) is 0 Å². The van der Waals surface area contributed by atoms with Gasteiger partial charge >= 0.3 is 0 Å². The minimum absolute atomic E-state index is 0.873. The van der Waals surface area contributed by atoms with E-state index >= 15 is 0 Å². The monoisotopic (exact) mass is 233 g/mol. The molecule has 0 aliphatic carbocycles. The van der Waals surface area contributed by atoms with E-state index in [1.807, 2.05) is 13.1 Å². The standard InChI is InChI=1S/C13H19N3O/c1-14-6-2-7-15-8-5-11-3-4-12-13(9-11)17-10-16-12/h3-4,9-10,14-15H,2,5-8H2,1H3.